The van der Waals surface area contributed by atoms with Crippen LogP contribution in [-0.4, -0.2) is 48.6 Å². The lowest BCUT2D eigenvalue weighted by molar-refractivity contribution is -0.895. The molecule has 0 spiro atoms. The molecule has 1 amide bonds. The maximum absolute atomic E-state index is 12.9. The Morgan fingerprint density at radius 2 is 1.68 bits per heavy atom. The van der Waals surface area contributed by atoms with E-state index in [0.717, 1.165) is 37.0 Å². The summed E-state index contributed by atoms with van der Waals surface area (Å²) in [5.41, 5.74) is 4.10. The number of carbonyl (C=O) groups is 1. The van der Waals surface area contributed by atoms with Crippen LogP contribution in [0.3, 0.4) is 0 Å². The molecule has 0 radical (unpaired) electrons. The summed E-state index contributed by atoms with van der Waals surface area (Å²) >= 11 is 5.55. The van der Waals surface area contributed by atoms with Crippen LogP contribution in [0.1, 0.15) is 11.1 Å². The molecule has 1 saturated heterocycles. The van der Waals surface area contributed by atoms with Gasteiger partial charge in [0.1, 0.15) is 5.82 Å². The Hall–Kier alpha value is -2.51. The van der Waals surface area contributed by atoms with Gasteiger partial charge in [-0.2, -0.15) is 0 Å². The van der Waals surface area contributed by atoms with E-state index < -0.39 is 0 Å². The van der Waals surface area contributed by atoms with E-state index in [1.807, 2.05) is 6.07 Å². The number of nitrogens with one attached hydrogen (secondary N) is 3. The molecule has 1 aliphatic rings. The van der Waals surface area contributed by atoms with Crippen molar-refractivity contribution in [2.45, 2.75) is 13.8 Å². The van der Waals surface area contributed by atoms with Gasteiger partial charge in [-0.05, 0) is 73.6 Å². The van der Waals surface area contributed by atoms with Gasteiger partial charge in [-0.1, -0.05) is 6.07 Å². The van der Waals surface area contributed by atoms with E-state index in [9.17, 15) is 9.18 Å². The van der Waals surface area contributed by atoms with Gasteiger partial charge < -0.3 is 20.4 Å². The number of hydrogen-bond donors (Lipinski definition) is 3. The van der Waals surface area contributed by atoms with E-state index in [1.54, 1.807) is 12.1 Å². The predicted molar refractivity (Wildman–Crippen MR) is 114 cm³/mol. The molecule has 3 N–H and O–H groups in total. The first-order valence-electron chi connectivity index (χ1n) is 9.43. The van der Waals surface area contributed by atoms with E-state index in [1.165, 1.54) is 28.2 Å². The molecule has 0 aliphatic carbocycles. The van der Waals surface area contributed by atoms with Crippen LogP contribution >= 0.6 is 12.2 Å². The van der Waals surface area contributed by atoms with Crippen molar-refractivity contribution in [3.05, 3.63) is 59.4 Å². The van der Waals surface area contributed by atoms with Crippen molar-refractivity contribution in [3.63, 3.8) is 0 Å². The normalized spacial score (nSPS) is 14.6. The first-order chi connectivity index (χ1) is 13.4. The van der Waals surface area contributed by atoms with Crippen LogP contribution in [0.4, 0.5) is 15.8 Å². The molecule has 7 heteroatoms. The predicted octanol–water partition coefficient (Wildman–Crippen LogP) is 1.98. The molecule has 1 fully saturated rings. The zero-order chi connectivity index (χ0) is 20.1. The summed E-state index contributed by atoms with van der Waals surface area (Å²) in [7, 11) is 0. The van der Waals surface area contributed by atoms with E-state index in [-0.39, 0.29) is 11.7 Å². The highest BCUT2D eigenvalue weighted by Gasteiger charge is 2.23. The molecule has 28 heavy (non-hydrogen) atoms. The fraction of sp³-hybridized carbons (Fsp3) is 0.333. The molecule has 0 aromatic heterocycles. The fourth-order valence-corrected chi connectivity index (χ4v) is 3.49. The number of nitrogens with zero attached hydrogens (tertiary/aromatic N) is 1. The Balaban J connectivity index is 1.44. The third-order valence-electron chi connectivity index (χ3n) is 5.05. The average molecular weight is 402 g/mol. The van der Waals surface area contributed by atoms with Crippen molar-refractivity contribution in [2.24, 2.45) is 0 Å². The van der Waals surface area contributed by atoms with Crippen LogP contribution in [0.25, 0.3) is 0 Å². The molecule has 0 bridgehead atoms. The number of carbonyl (C=O) groups excluding carboxylic acids is 1. The van der Waals surface area contributed by atoms with Crippen LogP contribution in [0.2, 0.25) is 0 Å². The molecule has 1 aliphatic heterocycles. The number of rotatable bonds is 4. The monoisotopic (exact) mass is 401 g/mol. The summed E-state index contributed by atoms with van der Waals surface area (Å²) in [6.07, 6.45) is 0. The van der Waals surface area contributed by atoms with Gasteiger partial charge in [0, 0.05) is 11.4 Å². The molecule has 1 heterocycles. The highest BCUT2D eigenvalue weighted by Crippen LogP contribution is 2.15. The highest BCUT2D eigenvalue weighted by atomic mass is 32.1. The molecule has 0 atom stereocenters. The number of amides is 1. The SMILES string of the molecule is Cc1ccc(NC(=S)N2CC[NH+](CC(=O)Nc3ccc(F)cc3)CC2)cc1C. The van der Waals surface area contributed by atoms with Crippen molar-refractivity contribution in [2.75, 3.05) is 43.4 Å². The molecular formula is C21H26FN4OS+. The Morgan fingerprint density at radius 3 is 2.32 bits per heavy atom. The summed E-state index contributed by atoms with van der Waals surface area (Å²) in [4.78, 5) is 15.6. The van der Waals surface area contributed by atoms with Crippen molar-refractivity contribution in [3.8, 4) is 0 Å². The minimum absolute atomic E-state index is 0.0640. The van der Waals surface area contributed by atoms with E-state index in [4.69, 9.17) is 12.2 Å². The Bertz CT molecular complexity index is 848. The molecule has 2 aromatic rings. The Labute approximate surface area is 170 Å². The smallest absolute Gasteiger partial charge is 0.279 e. The van der Waals surface area contributed by atoms with Gasteiger partial charge in [-0.3, -0.25) is 4.79 Å². The number of halogens is 1. The van der Waals surface area contributed by atoms with E-state index in [2.05, 4.69) is 41.5 Å². The number of quaternary nitrogens is 1. The lowest BCUT2D eigenvalue weighted by Crippen LogP contribution is -3.15. The topological polar surface area (TPSA) is 48.8 Å². The summed E-state index contributed by atoms with van der Waals surface area (Å²) in [6.45, 7) is 7.85. The number of aryl methyl sites for hydroxylation is 2. The van der Waals surface area contributed by atoms with E-state index in [0.29, 0.717) is 12.2 Å². The first-order valence-corrected chi connectivity index (χ1v) is 9.84. The summed E-state index contributed by atoms with van der Waals surface area (Å²) < 4.78 is 12.9. The van der Waals surface area contributed by atoms with Crippen LogP contribution in [0, 0.1) is 19.7 Å². The highest BCUT2D eigenvalue weighted by molar-refractivity contribution is 7.80. The van der Waals surface area contributed by atoms with Gasteiger partial charge in [0.25, 0.3) is 5.91 Å². The second kappa shape index (κ2) is 9.12. The fourth-order valence-electron chi connectivity index (χ4n) is 3.19. The molecule has 0 saturated carbocycles. The van der Waals surface area contributed by atoms with Gasteiger partial charge in [-0.25, -0.2) is 4.39 Å². The second-order valence-electron chi connectivity index (χ2n) is 7.20. The quantitative estimate of drug-likeness (QED) is 0.686. The Morgan fingerprint density at radius 1 is 1.04 bits per heavy atom. The molecule has 3 rings (SSSR count). The van der Waals surface area contributed by atoms with Crippen LogP contribution in [0.15, 0.2) is 42.5 Å². The van der Waals surface area contributed by atoms with Crippen molar-refractivity contribution >= 4 is 34.6 Å². The van der Waals surface area contributed by atoms with E-state index >= 15 is 0 Å². The number of benzene rings is 2. The molecule has 148 valence electrons. The summed E-state index contributed by atoms with van der Waals surface area (Å²) in [5.74, 6) is -0.379. The summed E-state index contributed by atoms with van der Waals surface area (Å²) in [5, 5.41) is 6.85. The minimum Gasteiger partial charge on any atom is -0.338 e. The molecular weight excluding hydrogens is 375 g/mol. The molecule has 2 aromatic carbocycles. The van der Waals surface area contributed by atoms with Gasteiger partial charge >= 0.3 is 0 Å². The summed E-state index contributed by atoms with van der Waals surface area (Å²) in [6, 6.07) is 12.0. The number of anilines is 2. The molecule has 5 nitrogen and oxygen atoms in total. The van der Waals surface area contributed by atoms with Gasteiger partial charge in [-0.15, -0.1) is 0 Å². The standard InChI is InChI=1S/C21H25FN4OS/c1-15-3-6-19(13-16(15)2)24-21(28)26-11-9-25(10-12-26)14-20(27)23-18-7-4-17(22)5-8-18/h3-8,13H,9-12,14H2,1-2H3,(H,23,27)(H,24,28)/p+1. The van der Waals surface area contributed by atoms with Gasteiger partial charge in [0.05, 0.1) is 26.2 Å². The van der Waals surface area contributed by atoms with Crippen LogP contribution in [-0.2, 0) is 4.79 Å². The van der Waals surface area contributed by atoms with Crippen molar-refractivity contribution in [1.29, 1.82) is 0 Å². The minimum atomic E-state index is -0.315. The van der Waals surface area contributed by atoms with Crippen LogP contribution in [0.5, 0.6) is 0 Å². The third-order valence-corrected chi connectivity index (χ3v) is 5.41. The average Bonchev–Trinajstić information content (AvgIpc) is 2.67. The maximum atomic E-state index is 12.9. The van der Waals surface area contributed by atoms with Crippen molar-refractivity contribution in [1.82, 2.24) is 4.90 Å². The third kappa shape index (κ3) is 5.50. The number of hydrogen-bond acceptors (Lipinski definition) is 2. The lowest BCUT2D eigenvalue weighted by Gasteiger charge is -2.33. The van der Waals surface area contributed by atoms with Gasteiger partial charge in [0.15, 0.2) is 11.7 Å². The maximum Gasteiger partial charge on any atom is 0.279 e. The zero-order valence-corrected chi connectivity index (χ0v) is 17.0. The largest absolute Gasteiger partial charge is 0.338 e. The number of piperazine rings is 1. The van der Waals surface area contributed by atoms with Gasteiger partial charge in [0.2, 0.25) is 0 Å². The molecule has 0 unspecified atom stereocenters. The second-order valence-corrected chi connectivity index (χ2v) is 7.58. The number of thiocarbonyl (C=S) groups is 1. The lowest BCUT2D eigenvalue weighted by atomic mass is 10.1. The Kier molecular flexibility index (Phi) is 6.59. The van der Waals surface area contributed by atoms with Crippen LogP contribution < -0.4 is 15.5 Å². The zero-order valence-electron chi connectivity index (χ0n) is 16.2. The first kappa shape index (κ1) is 20.2. The van der Waals surface area contributed by atoms with Crippen molar-refractivity contribution < 1.29 is 14.1 Å².